The van der Waals surface area contributed by atoms with Gasteiger partial charge in [0.2, 0.25) is 5.91 Å². The highest BCUT2D eigenvalue weighted by atomic mass is 32.2. The van der Waals surface area contributed by atoms with Gasteiger partial charge < -0.3 is 14.2 Å². The summed E-state index contributed by atoms with van der Waals surface area (Å²) in [5.41, 5.74) is 1.99. The van der Waals surface area contributed by atoms with Crippen LogP contribution in [0.3, 0.4) is 0 Å². The van der Waals surface area contributed by atoms with Crippen LogP contribution in [0.1, 0.15) is 17.7 Å². The van der Waals surface area contributed by atoms with E-state index in [9.17, 15) is 13.2 Å². The predicted octanol–water partition coefficient (Wildman–Crippen LogP) is 0.888. The van der Waals surface area contributed by atoms with Crippen molar-refractivity contribution in [2.24, 2.45) is 5.92 Å². The van der Waals surface area contributed by atoms with Gasteiger partial charge in [0, 0.05) is 50.3 Å². The molecule has 0 saturated carbocycles. The van der Waals surface area contributed by atoms with E-state index in [0.717, 1.165) is 17.5 Å². The van der Waals surface area contributed by atoms with Crippen molar-refractivity contribution in [1.82, 2.24) is 19.4 Å². The fourth-order valence-corrected chi connectivity index (χ4v) is 3.65. The highest BCUT2D eigenvalue weighted by Crippen LogP contribution is 2.18. The predicted molar refractivity (Wildman–Crippen MR) is 99.4 cm³/mol. The molecule has 1 amide bonds. The Balaban J connectivity index is 1.62. The quantitative estimate of drug-likeness (QED) is 0.695. The minimum absolute atomic E-state index is 0.00242. The standard InChI is InChI=1S/C18H24N4O4S/c1-27(24,25)7-4-18(23)21-9-16(10-22-14-20-8-17(22)11-21)13-26-12-15-2-5-19-6-3-15/h2-3,5-6,8,14,16H,4,7,9-13H2,1H3. The maximum Gasteiger partial charge on any atom is 0.223 e. The van der Waals surface area contributed by atoms with Crippen LogP contribution >= 0.6 is 0 Å². The monoisotopic (exact) mass is 392 g/mol. The molecule has 2 aromatic heterocycles. The van der Waals surface area contributed by atoms with Crippen LogP contribution in [0.5, 0.6) is 0 Å². The van der Waals surface area contributed by atoms with E-state index in [-0.39, 0.29) is 24.0 Å². The summed E-state index contributed by atoms with van der Waals surface area (Å²) in [6.45, 7) is 2.65. The van der Waals surface area contributed by atoms with Crippen LogP contribution < -0.4 is 0 Å². The number of aromatic nitrogens is 3. The van der Waals surface area contributed by atoms with Crippen molar-refractivity contribution in [2.45, 2.75) is 26.1 Å². The largest absolute Gasteiger partial charge is 0.376 e. The molecule has 0 radical (unpaired) electrons. The number of nitrogens with zero attached hydrogens (tertiary/aromatic N) is 4. The molecule has 0 aromatic carbocycles. The molecular formula is C18H24N4O4S. The molecule has 0 fully saturated rings. The van der Waals surface area contributed by atoms with Crippen LogP contribution in [-0.2, 0) is 39.1 Å². The van der Waals surface area contributed by atoms with E-state index in [1.165, 1.54) is 0 Å². The molecule has 1 aliphatic rings. The number of imidazole rings is 1. The van der Waals surface area contributed by atoms with Gasteiger partial charge in [0.25, 0.3) is 0 Å². The molecule has 0 aliphatic carbocycles. The molecule has 146 valence electrons. The van der Waals surface area contributed by atoms with Crippen LogP contribution in [0.2, 0.25) is 0 Å². The van der Waals surface area contributed by atoms with E-state index in [0.29, 0.717) is 32.8 Å². The molecule has 9 heteroatoms. The normalized spacial score (nSPS) is 17.4. The van der Waals surface area contributed by atoms with Crippen molar-refractivity contribution < 1.29 is 17.9 Å². The number of rotatable bonds is 7. The van der Waals surface area contributed by atoms with Gasteiger partial charge in [0.05, 0.1) is 37.5 Å². The molecule has 1 aliphatic heterocycles. The molecule has 27 heavy (non-hydrogen) atoms. The molecular weight excluding hydrogens is 368 g/mol. The molecule has 3 rings (SSSR count). The van der Waals surface area contributed by atoms with Crippen molar-refractivity contribution in [3.8, 4) is 0 Å². The van der Waals surface area contributed by atoms with Crippen molar-refractivity contribution in [3.05, 3.63) is 48.3 Å². The van der Waals surface area contributed by atoms with Crippen molar-refractivity contribution >= 4 is 15.7 Å². The summed E-state index contributed by atoms with van der Waals surface area (Å²) in [6, 6.07) is 3.81. The first kappa shape index (κ1) is 19.5. The molecule has 8 nitrogen and oxygen atoms in total. The van der Waals surface area contributed by atoms with Gasteiger partial charge >= 0.3 is 0 Å². The Bertz CT molecular complexity index is 866. The number of carbonyl (C=O) groups excluding carboxylic acids is 1. The third-order valence-corrected chi connectivity index (χ3v) is 5.44. The van der Waals surface area contributed by atoms with E-state index < -0.39 is 9.84 Å². The summed E-state index contributed by atoms with van der Waals surface area (Å²) in [5.74, 6) is -0.191. The van der Waals surface area contributed by atoms with E-state index in [2.05, 4.69) is 9.97 Å². The molecule has 0 bridgehead atoms. The fourth-order valence-electron chi connectivity index (χ4n) is 3.10. The fraction of sp³-hybridized carbons (Fsp3) is 0.500. The minimum Gasteiger partial charge on any atom is -0.376 e. The van der Waals surface area contributed by atoms with Gasteiger partial charge in [-0.25, -0.2) is 13.4 Å². The Labute approximate surface area is 159 Å². The first-order valence-electron chi connectivity index (χ1n) is 8.82. The zero-order valence-electron chi connectivity index (χ0n) is 15.3. The van der Waals surface area contributed by atoms with Gasteiger partial charge in [0.15, 0.2) is 0 Å². The number of pyridine rings is 1. The lowest BCUT2D eigenvalue weighted by molar-refractivity contribution is -0.132. The second kappa shape index (κ2) is 8.62. The molecule has 3 heterocycles. The minimum atomic E-state index is -3.17. The number of ether oxygens (including phenoxy) is 1. The highest BCUT2D eigenvalue weighted by molar-refractivity contribution is 7.90. The molecule has 1 atom stereocenters. The van der Waals surface area contributed by atoms with Gasteiger partial charge in [0.1, 0.15) is 9.84 Å². The summed E-state index contributed by atoms with van der Waals surface area (Å²) >= 11 is 0. The van der Waals surface area contributed by atoms with Crippen LogP contribution in [0.15, 0.2) is 37.1 Å². The third kappa shape index (κ3) is 5.86. The maximum atomic E-state index is 12.6. The highest BCUT2D eigenvalue weighted by Gasteiger charge is 2.25. The number of hydrogen-bond donors (Lipinski definition) is 0. The lowest BCUT2D eigenvalue weighted by Gasteiger charge is -2.24. The lowest BCUT2D eigenvalue weighted by Crippen LogP contribution is -2.36. The van der Waals surface area contributed by atoms with Crippen LogP contribution in [-0.4, -0.2) is 58.9 Å². The Morgan fingerprint density at radius 1 is 1.26 bits per heavy atom. The SMILES string of the molecule is CS(=O)(=O)CCC(=O)N1Cc2cncn2CC(COCc2ccncc2)C1. The molecule has 0 spiro atoms. The van der Waals surface area contributed by atoms with Gasteiger partial charge in [-0.3, -0.25) is 9.78 Å². The van der Waals surface area contributed by atoms with Crippen molar-refractivity contribution in [2.75, 3.05) is 25.2 Å². The molecule has 1 unspecified atom stereocenters. The Morgan fingerprint density at radius 2 is 2.04 bits per heavy atom. The Kier molecular flexibility index (Phi) is 6.22. The second-order valence-corrected chi connectivity index (χ2v) is 9.19. The summed E-state index contributed by atoms with van der Waals surface area (Å²) in [6.07, 6.45) is 8.10. The summed E-state index contributed by atoms with van der Waals surface area (Å²) < 4.78 is 30.6. The van der Waals surface area contributed by atoms with Crippen LogP contribution in [0.25, 0.3) is 0 Å². The number of carbonyl (C=O) groups is 1. The molecule has 0 saturated heterocycles. The smallest absolute Gasteiger partial charge is 0.223 e. The van der Waals surface area contributed by atoms with Gasteiger partial charge in [-0.05, 0) is 17.7 Å². The van der Waals surface area contributed by atoms with Gasteiger partial charge in [-0.15, -0.1) is 0 Å². The maximum absolute atomic E-state index is 12.6. The summed E-state index contributed by atoms with van der Waals surface area (Å²) in [4.78, 5) is 22.4. The third-order valence-electron chi connectivity index (χ3n) is 4.50. The molecule has 2 aromatic rings. The van der Waals surface area contributed by atoms with Gasteiger partial charge in [-0.1, -0.05) is 0 Å². The molecule has 0 N–H and O–H groups in total. The first-order valence-corrected chi connectivity index (χ1v) is 10.9. The average Bonchev–Trinajstić information content (AvgIpc) is 2.98. The second-order valence-electron chi connectivity index (χ2n) is 6.93. The van der Waals surface area contributed by atoms with Crippen LogP contribution in [0.4, 0.5) is 0 Å². The number of sulfone groups is 1. The zero-order chi connectivity index (χ0) is 19.3. The lowest BCUT2D eigenvalue weighted by atomic mass is 10.1. The topological polar surface area (TPSA) is 94.4 Å². The number of amides is 1. The number of hydrogen-bond acceptors (Lipinski definition) is 6. The Hall–Kier alpha value is -2.26. The van der Waals surface area contributed by atoms with Crippen molar-refractivity contribution in [1.29, 1.82) is 0 Å². The summed E-state index contributed by atoms with van der Waals surface area (Å²) in [5, 5.41) is 0. The van der Waals surface area contributed by atoms with Gasteiger partial charge in [-0.2, -0.15) is 0 Å². The van der Waals surface area contributed by atoms with E-state index in [1.807, 2.05) is 16.7 Å². The van der Waals surface area contributed by atoms with E-state index in [4.69, 9.17) is 4.74 Å². The average molecular weight is 392 g/mol. The van der Waals surface area contributed by atoms with E-state index in [1.54, 1.807) is 29.8 Å². The first-order chi connectivity index (χ1) is 12.9. The summed E-state index contributed by atoms with van der Waals surface area (Å²) in [7, 11) is -3.17. The van der Waals surface area contributed by atoms with E-state index >= 15 is 0 Å². The zero-order valence-corrected chi connectivity index (χ0v) is 16.1. The number of fused-ring (bicyclic) bond motifs is 1. The van der Waals surface area contributed by atoms with Crippen molar-refractivity contribution in [3.63, 3.8) is 0 Å². The Morgan fingerprint density at radius 3 is 2.78 bits per heavy atom. The van der Waals surface area contributed by atoms with Crippen LogP contribution in [0, 0.1) is 5.92 Å².